The van der Waals surface area contributed by atoms with Crippen molar-refractivity contribution in [2.75, 3.05) is 5.32 Å². The average molecular weight is 582 g/mol. The van der Waals surface area contributed by atoms with Crippen LogP contribution in [0.3, 0.4) is 0 Å². The van der Waals surface area contributed by atoms with Crippen LogP contribution in [-0.4, -0.2) is 34.3 Å². The van der Waals surface area contributed by atoms with Crippen LogP contribution in [0.1, 0.15) is 40.2 Å². The number of anilines is 1. The molecule has 3 N–H and O–H groups in total. The van der Waals surface area contributed by atoms with Gasteiger partial charge in [-0.05, 0) is 43.7 Å². The monoisotopic (exact) mass is 581 g/mol. The number of ether oxygens (including phenoxy) is 1. The van der Waals surface area contributed by atoms with Gasteiger partial charge in [-0.3, -0.25) is 10.1 Å². The number of carboxylic acid groups (broad SMARTS) is 1. The molecule has 0 aliphatic carbocycles. The first kappa shape index (κ1) is 28.7. The number of nitrogens with one attached hydrogen (secondary N) is 2. The zero-order valence-electron chi connectivity index (χ0n) is 21.5. The zero-order chi connectivity index (χ0) is 28.8. The first-order valence-corrected chi connectivity index (χ1v) is 13.0. The normalized spacial score (nSPS) is 12.3. The molecule has 11 heteroatoms. The van der Waals surface area contributed by atoms with E-state index in [-0.39, 0.29) is 17.7 Å². The minimum atomic E-state index is -1.19. The Labute approximate surface area is 240 Å². The molecule has 40 heavy (non-hydrogen) atoms. The quantitative estimate of drug-likeness (QED) is 0.200. The fourth-order valence-corrected chi connectivity index (χ4v) is 4.48. The Balaban J connectivity index is 1.44. The lowest BCUT2D eigenvalue weighted by molar-refractivity contribution is -0.139. The number of carboxylic acids is 1. The van der Waals surface area contributed by atoms with Crippen molar-refractivity contribution in [3.63, 3.8) is 0 Å². The molecule has 9 nitrogen and oxygen atoms in total. The highest BCUT2D eigenvalue weighted by atomic mass is 35.5. The van der Waals surface area contributed by atoms with E-state index in [4.69, 9.17) is 32.5 Å². The molecule has 1 unspecified atom stereocenters. The van der Waals surface area contributed by atoms with E-state index in [1.807, 2.05) is 0 Å². The van der Waals surface area contributed by atoms with Crippen molar-refractivity contribution in [3.8, 4) is 11.3 Å². The second-order valence-electron chi connectivity index (χ2n) is 8.90. The first-order chi connectivity index (χ1) is 19.1. The van der Waals surface area contributed by atoms with Crippen molar-refractivity contribution in [2.24, 2.45) is 0 Å². The topological polar surface area (TPSA) is 131 Å². The van der Waals surface area contributed by atoms with Gasteiger partial charge in [-0.2, -0.15) is 0 Å². The van der Waals surface area contributed by atoms with Gasteiger partial charge in [-0.25, -0.2) is 9.59 Å². The molecule has 3 aromatic carbocycles. The van der Waals surface area contributed by atoms with Gasteiger partial charge < -0.3 is 19.7 Å². The zero-order valence-corrected chi connectivity index (χ0v) is 23.0. The van der Waals surface area contributed by atoms with E-state index in [1.165, 1.54) is 12.1 Å². The Morgan fingerprint density at radius 2 is 1.62 bits per heavy atom. The van der Waals surface area contributed by atoms with Gasteiger partial charge in [0.1, 0.15) is 23.5 Å². The molecule has 0 aliphatic rings. The maximum Gasteiger partial charge on any atom is 0.412 e. The minimum absolute atomic E-state index is 0.0242. The van der Waals surface area contributed by atoms with Crippen LogP contribution in [0.25, 0.3) is 11.3 Å². The summed E-state index contributed by atoms with van der Waals surface area (Å²) < 4.78 is 10.9. The van der Waals surface area contributed by atoms with E-state index >= 15 is 0 Å². The SMILES string of the molecule is Cc1noc(-c2ccc(C(=O)N[C@H](Cc3ccccc3Cl)C(=O)O)cc2)c1NC(=O)OC(C)c1ccccc1Cl. The van der Waals surface area contributed by atoms with Crippen LogP contribution in [0, 0.1) is 6.92 Å². The molecule has 0 saturated heterocycles. The molecule has 4 rings (SSSR count). The highest BCUT2D eigenvalue weighted by molar-refractivity contribution is 6.31. The smallest absolute Gasteiger partial charge is 0.412 e. The maximum atomic E-state index is 12.8. The van der Waals surface area contributed by atoms with Crippen LogP contribution in [0.5, 0.6) is 0 Å². The third-order valence-electron chi connectivity index (χ3n) is 6.11. The fourth-order valence-electron chi connectivity index (χ4n) is 3.97. The third-order valence-corrected chi connectivity index (χ3v) is 6.82. The number of aliphatic carboxylic acids is 1. The largest absolute Gasteiger partial charge is 0.480 e. The van der Waals surface area contributed by atoms with E-state index < -0.39 is 30.1 Å². The molecule has 4 aromatic rings. The van der Waals surface area contributed by atoms with Crippen LogP contribution >= 0.6 is 23.2 Å². The molecule has 0 bridgehead atoms. The number of carbonyl (C=O) groups is 3. The second kappa shape index (κ2) is 12.7. The molecule has 0 fully saturated rings. The van der Waals surface area contributed by atoms with Crippen molar-refractivity contribution < 1.29 is 28.8 Å². The summed E-state index contributed by atoms with van der Waals surface area (Å²) in [6, 6.07) is 18.9. The third kappa shape index (κ3) is 6.80. The Morgan fingerprint density at radius 3 is 2.27 bits per heavy atom. The van der Waals surface area contributed by atoms with Gasteiger partial charge in [0.25, 0.3) is 5.91 Å². The molecule has 1 heterocycles. The fraction of sp³-hybridized carbons (Fsp3) is 0.172. The van der Waals surface area contributed by atoms with E-state index in [1.54, 1.807) is 74.5 Å². The lowest BCUT2D eigenvalue weighted by Gasteiger charge is -2.16. The Kier molecular flexibility index (Phi) is 9.08. The Bertz CT molecular complexity index is 1540. The molecule has 0 radical (unpaired) electrons. The van der Waals surface area contributed by atoms with Crippen molar-refractivity contribution in [3.05, 3.63) is 105 Å². The summed E-state index contributed by atoms with van der Waals surface area (Å²) >= 11 is 12.3. The van der Waals surface area contributed by atoms with Crippen molar-refractivity contribution in [1.29, 1.82) is 0 Å². The predicted octanol–water partition coefficient (Wildman–Crippen LogP) is 6.69. The van der Waals surface area contributed by atoms with Gasteiger partial charge in [0.15, 0.2) is 5.76 Å². The van der Waals surface area contributed by atoms with Crippen LogP contribution in [0.15, 0.2) is 77.3 Å². The number of aromatic nitrogens is 1. The lowest BCUT2D eigenvalue weighted by Crippen LogP contribution is -2.42. The maximum absolute atomic E-state index is 12.8. The van der Waals surface area contributed by atoms with E-state index in [0.717, 1.165) is 0 Å². The van der Waals surface area contributed by atoms with Crippen LogP contribution in [0.2, 0.25) is 10.0 Å². The number of carbonyl (C=O) groups excluding carboxylic acids is 2. The predicted molar refractivity (Wildman–Crippen MR) is 151 cm³/mol. The number of hydrogen-bond acceptors (Lipinski definition) is 6. The first-order valence-electron chi connectivity index (χ1n) is 12.2. The van der Waals surface area contributed by atoms with Gasteiger partial charge in [-0.1, -0.05) is 76.9 Å². The average Bonchev–Trinajstić information content (AvgIpc) is 3.29. The van der Waals surface area contributed by atoms with Gasteiger partial charge >= 0.3 is 12.1 Å². The molecule has 0 saturated carbocycles. The number of rotatable bonds is 9. The highest BCUT2D eigenvalue weighted by Crippen LogP contribution is 2.32. The van der Waals surface area contributed by atoms with Crippen molar-refractivity contribution in [1.82, 2.24) is 10.5 Å². The second-order valence-corrected chi connectivity index (χ2v) is 9.72. The Morgan fingerprint density at radius 1 is 0.975 bits per heavy atom. The van der Waals surface area contributed by atoms with E-state index in [2.05, 4.69) is 15.8 Å². The summed E-state index contributed by atoms with van der Waals surface area (Å²) in [7, 11) is 0. The highest BCUT2D eigenvalue weighted by Gasteiger charge is 2.24. The number of halogens is 2. The van der Waals surface area contributed by atoms with Gasteiger partial charge in [-0.15, -0.1) is 0 Å². The molecule has 2 atom stereocenters. The molecular formula is C29H25Cl2N3O6. The number of benzene rings is 3. The molecule has 0 aliphatic heterocycles. The number of nitrogens with zero attached hydrogens (tertiary/aromatic N) is 1. The molecular weight excluding hydrogens is 557 g/mol. The molecule has 1 aromatic heterocycles. The molecule has 0 spiro atoms. The van der Waals surface area contributed by atoms with Gasteiger partial charge in [0.05, 0.1) is 0 Å². The van der Waals surface area contributed by atoms with Gasteiger partial charge in [0.2, 0.25) is 0 Å². The lowest BCUT2D eigenvalue weighted by atomic mass is 10.0. The number of aryl methyl sites for hydroxylation is 1. The van der Waals surface area contributed by atoms with E-state index in [0.29, 0.717) is 38.1 Å². The summed E-state index contributed by atoms with van der Waals surface area (Å²) in [4.78, 5) is 37.2. The summed E-state index contributed by atoms with van der Waals surface area (Å²) in [5.74, 6) is -1.50. The summed E-state index contributed by atoms with van der Waals surface area (Å²) in [6.45, 7) is 3.36. The minimum Gasteiger partial charge on any atom is -0.480 e. The van der Waals surface area contributed by atoms with Crippen LogP contribution in [-0.2, 0) is 16.0 Å². The van der Waals surface area contributed by atoms with Crippen molar-refractivity contribution in [2.45, 2.75) is 32.4 Å². The van der Waals surface area contributed by atoms with Crippen molar-refractivity contribution >= 4 is 46.9 Å². The Hall–Kier alpha value is -4.34. The van der Waals surface area contributed by atoms with Gasteiger partial charge in [0, 0.05) is 33.2 Å². The number of hydrogen-bond donors (Lipinski definition) is 3. The molecule has 206 valence electrons. The summed E-state index contributed by atoms with van der Waals surface area (Å²) in [6.07, 6.45) is -1.31. The standard InChI is InChI=1S/C29H25Cl2N3O6/c1-16-25(33-29(38)39-17(2)21-8-4-6-10-23(21)31)26(40-34-16)18-11-13-19(14-12-18)27(35)32-24(28(36)37)15-20-7-3-5-9-22(20)30/h3-14,17,24H,15H2,1-2H3,(H,32,35)(H,33,38)(H,36,37)/t17?,24-/m1/s1. The van der Waals surface area contributed by atoms with E-state index in [9.17, 15) is 19.5 Å². The summed E-state index contributed by atoms with van der Waals surface area (Å²) in [5.41, 5.74) is 2.74. The number of amides is 2. The van der Waals surface area contributed by atoms with Crippen LogP contribution < -0.4 is 10.6 Å². The van der Waals surface area contributed by atoms with Crippen LogP contribution in [0.4, 0.5) is 10.5 Å². The molecule has 2 amide bonds. The summed E-state index contributed by atoms with van der Waals surface area (Å²) in [5, 5.41) is 19.7.